The third-order valence-corrected chi connectivity index (χ3v) is 2.87. The molecule has 0 aliphatic heterocycles. The van der Waals surface area contributed by atoms with Crippen LogP contribution in [0.5, 0.6) is 0 Å². The fourth-order valence-electron chi connectivity index (χ4n) is 1.92. The number of fused-ring (bicyclic) bond motifs is 1. The van der Waals surface area contributed by atoms with Crippen LogP contribution in [0.3, 0.4) is 0 Å². The summed E-state index contributed by atoms with van der Waals surface area (Å²) in [5.41, 5.74) is 3.87. The molecule has 1 nitrogen and oxygen atoms in total. The van der Waals surface area contributed by atoms with Crippen LogP contribution in [-0.2, 0) is 7.05 Å². The number of rotatable bonds is 0. The van der Waals surface area contributed by atoms with E-state index in [1.165, 1.54) is 22.0 Å². The molecule has 0 bridgehead atoms. The minimum Gasteiger partial charge on any atom is -0.201 e. The number of aryl methyl sites for hydroxylation is 3. The van der Waals surface area contributed by atoms with Gasteiger partial charge in [-0.15, -0.1) is 12.6 Å². The molecule has 2 aromatic rings. The summed E-state index contributed by atoms with van der Waals surface area (Å²) in [6, 6.07) is 6.36. The van der Waals surface area contributed by atoms with Gasteiger partial charge >= 0.3 is 0 Å². The minimum atomic E-state index is 1.03. The average Bonchev–Trinajstić information content (AvgIpc) is 2.10. The lowest BCUT2D eigenvalue weighted by molar-refractivity contribution is -0.645. The Morgan fingerprint density at radius 3 is 2.57 bits per heavy atom. The van der Waals surface area contributed by atoms with Crippen LogP contribution < -0.4 is 4.57 Å². The van der Waals surface area contributed by atoms with Gasteiger partial charge in [0.2, 0.25) is 5.52 Å². The van der Waals surface area contributed by atoms with Crippen LogP contribution >= 0.6 is 12.6 Å². The lowest BCUT2D eigenvalue weighted by atomic mass is 10.1. The van der Waals surface area contributed by atoms with Crippen LogP contribution in [0.1, 0.15) is 11.1 Å². The van der Waals surface area contributed by atoms with Crippen LogP contribution in [-0.4, -0.2) is 0 Å². The SMILES string of the molecule is Cc1cc[n+](C)c2c(C)cc(S)cc12. The summed E-state index contributed by atoms with van der Waals surface area (Å²) >= 11 is 4.40. The molecule has 0 N–H and O–H groups in total. The van der Waals surface area contributed by atoms with E-state index in [1.807, 2.05) is 0 Å². The molecule has 0 spiro atoms. The molecule has 2 heteroatoms. The predicted molar refractivity (Wildman–Crippen MR) is 61.9 cm³/mol. The molecule has 72 valence electrons. The fraction of sp³-hybridized carbons (Fsp3) is 0.250. The second kappa shape index (κ2) is 3.28. The third kappa shape index (κ3) is 1.40. The molecule has 14 heavy (non-hydrogen) atoms. The number of hydrogen-bond donors (Lipinski definition) is 1. The van der Waals surface area contributed by atoms with E-state index in [2.05, 4.69) is 62.5 Å². The highest BCUT2D eigenvalue weighted by molar-refractivity contribution is 7.80. The van der Waals surface area contributed by atoms with Crippen molar-refractivity contribution in [3.05, 3.63) is 35.5 Å². The number of aromatic nitrogens is 1. The molecule has 0 amide bonds. The quantitative estimate of drug-likeness (QED) is 0.496. The molecule has 1 heterocycles. The Bertz CT molecular complexity index is 503. The molecule has 0 unspecified atom stereocenters. The van der Waals surface area contributed by atoms with E-state index in [9.17, 15) is 0 Å². The van der Waals surface area contributed by atoms with Crippen molar-refractivity contribution >= 4 is 23.5 Å². The Balaban J connectivity index is 3.00. The van der Waals surface area contributed by atoms with Gasteiger partial charge in [-0.3, -0.25) is 0 Å². The maximum Gasteiger partial charge on any atom is 0.215 e. The first-order valence-electron chi connectivity index (χ1n) is 4.68. The first-order chi connectivity index (χ1) is 6.59. The monoisotopic (exact) mass is 204 g/mol. The van der Waals surface area contributed by atoms with Gasteiger partial charge in [-0.25, -0.2) is 4.57 Å². The minimum absolute atomic E-state index is 1.03. The van der Waals surface area contributed by atoms with Gasteiger partial charge in [0.15, 0.2) is 6.20 Å². The van der Waals surface area contributed by atoms with E-state index >= 15 is 0 Å². The zero-order valence-corrected chi connectivity index (χ0v) is 9.60. The van der Waals surface area contributed by atoms with Gasteiger partial charge < -0.3 is 0 Å². The van der Waals surface area contributed by atoms with Crippen LogP contribution in [0.4, 0.5) is 0 Å². The average molecular weight is 204 g/mol. The summed E-state index contributed by atoms with van der Waals surface area (Å²) in [4.78, 5) is 1.03. The molecule has 0 atom stereocenters. The largest absolute Gasteiger partial charge is 0.215 e. The first kappa shape index (κ1) is 9.53. The molecule has 1 aromatic heterocycles. The van der Waals surface area contributed by atoms with Crippen molar-refractivity contribution in [2.24, 2.45) is 7.05 Å². The van der Waals surface area contributed by atoms with Gasteiger partial charge in [0.25, 0.3) is 0 Å². The summed E-state index contributed by atoms with van der Waals surface area (Å²) in [5, 5.41) is 1.29. The zero-order valence-electron chi connectivity index (χ0n) is 8.70. The fourth-order valence-corrected chi connectivity index (χ4v) is 2.24. The molecular formula is C12H14NS+. The van der Waals surface area contributed by atoms with Crippen molar-refractivity contribution in [1.82, 2.24) is 0 Å². The molecule has 0 saturated heterocycles. The standard InChI is InChI=1S/C12H13NS/c1-8-4-5-13(3)12-9(2)6-10(14)7-11(8)12/h4-7H,1-3H3/p+1. The normalized spacial score (nSPS) is 10.9. The lowest BCUT2D eigenvalue weighted by Gasteiger charge is -2.04. The van der Waals surface area contributed by atoms with Crippen molar-refractivity contribution in [2.75, 3.05) is 0 Å². The Morgan fingerprint density at radius 2 is 1.86 bits per heavy atom. The summed E-state index contributed by atoms with van der Waals surface area (Å²) in [7, 11) is 2.08. The summed E-state index contributed by atoms with van der Waals surface area (Å²) in [6.07, 6.45) is 2.10. The predicted octanol–water partition coefficient (Wildman–Crippen LogP) is 2.57. The Kier molecular flexibility index (Phi) is 2.23. The van der Waals surface area contributed by atoms with Crippen LogP contribution in [0.25, 0.3) is 10.9 Å². The van der Waals surface area contributed by atoms with E-state index in [4.69, 9.17) is 0 Å². The maximum absolute atomic E-state index is 4.40. The molecule has 0 aliphatic carbocycles. The molecule has 0 radical (unpaired) electrons. The number of nitrogens with zero attached hydrogens (tertiary/aromatic N) is 1. The Hall–Kier alpha value is -1.02. The van der Waals surface area contributed by atoms with Gasteiger partial charge in [0.1, 0.15) is 7.05 Å². The lowest BCUT2D eigenvalue weighted by Crippen LogP contribution is -2.29. The van der Waals surface area contributed by atoms with Crippen molar-refractivity contribution in [3.8, 4) is 0 Å². The van der Waals surface area contributed by atoms with Gasteiger partial charge in [0.05, 0.1) is 5.39 Å². The third-order valence-electron chi connectivity index (χ3n) is 2.61. The van der Waals surface area contributed by atoms with Gasteiger partial charge in [-0.2, -0.15) is 0 Å². The second-order valence-corrected chi connectivity index (χ2v) is 4.28. The highest BCUT2D eigenvalue weighted by atomic mass is 32.1. The van der Waals surface area contributed by atoms with Crippen LogP contribution in [0.2, 0.25) is 0 Å². The van der Waals surface area contributed by atoms with Gasteiger partial charge in [-0.1, -0.05) is 0 Å². The van der Waals surface area contributed by atoms with E-state index in [0.717, 1.165) is 4.90 Å². The molecule has 0 aliphatic rings. The second-order valence-electron chi connectivity index (χ2n) is 3.77. The number of pyridine rings is 1. The van der Waals surface area contributed by atoms with Crippen molar-refractivity contribution in [2.45, 2.75) is 18.7 Å². The van der Waals surface area contributed by atoms with E-state index in [-0.39, 0.29) is 0 Å². The van der Waals surface area contributed by atoms with E-state index < -0.39 is 0 Å². The molecule has 1 aromatic carbocycles. The smallest absolute Gasteiger partial charge is 0.201 e. The summed E-state index contributed by atoms with van der Waals surface area (Å²) in [6.45, 7) is 4.26. The zero-order chi connectivity index (χ0) is 10.3. The summed E-state index contributed by atoms with van der Waals surface area (Å²) in [5.74, 6) is 0. The molecule has 2 rings (SSSR count). The maximum atomic E-state index is 4.40. The molecule has 0 fully saturated rings. The van der Waals surface area contributed by atoms with E-state index in [1.54, 1.807) is 0 Å². The number of thiol groups is 1. The van der Waals surface area contributed by atoms with Crippen LogP contribution in [0.15, 0.2) is 29.3 Å². The molecular weight excluding hydrogens is 190 g/mol. The summed E-state index contributed by atoms with van der Waals surface area (Å²) < 4.78 is 2.16. The van der Waals surface area contributed by atoms with E-state index in [0.29, 0.717) is 0 Å². The highest BCUT2D eigenvalue weighted by Gasteiger charge is 2.10. The van der Waals surface area contributed by atoms with Crippen molar-refractivity contribution in [3.63, 3.8) is 0 Å². The number of hydrogen-bond acceptors (Lipinski definition) is 1. The van der Waals surface area contributed by atoms with Gasteiger partial charge in [0, 0.05) is 16.5 Å². The Morgan fingerprint density at radius 1 is 1.14 bits per heavy atom. The highest BCUT2D eigenvalue weighted by Crippen LogP contribution is 2.22. The van der Waals surface area contributed by atoms with Crippen LogP contribution in [0, 0.1) is 13.8 Å². The van der Waals surface area contributed by atoms with Gasteiger partial charge in [-0.05, 0) is 31.5 Å². The molecule has 0 saturated carbocycles. The van der Waals surface area contributed by atoms with Crippen molar-refractivity contribution in [1.29, 1.82) is 0 Å². The first-order valence-corrected chi connectivity index (χ1v) is 5.13. The van der Waals surface area contributed by atoms with Crippen molar-refractivity contribution < 1.29 is 4.57 Å². The number of benzene rings is 1. The topological polar surface area (TPSA) is 3.88 Å². The Labute approximate surface area is 89.8 Å².